The minimum atomic E-state index is 0.0169. The van der Waals surface area contributed by atoms with Gasteiger partial charge in [0.1, 0.15) is 5.65 Å². The highest BCUT2D eigenvalue weighted by atomic mass is 16.2. The Hall–Kier alpha value is -2.69. The van der Waals surface area contributed by atoms with Gasteiger partial charge >= 0.3 is 0 Å². The standard InChI is InChI=1S/C19H22N4O/c1-4-15(3)23(13-17-7-5-6-10-20-17)19(24)16-8-9-18-21-14(2)11-22(18)12-16/h5-12,15H,4,13H2,1-3H3/t15-/m0/s1. The van der Waals surface area contributed by atoms with Gasteiger partial charge in [-0.1, -0.05) is 13.0 Å². The molecule has 3 rings (SSSR count). The lowest BCUT2D eigenvalue weighted by Gasteiger charge is -2.28. The molecule has 0 bridgehead atoms. The molecule has 3 aromatic rings. The Morgan fingerprint density at radius 3 is 2.79 bits per heavy atom. The second kappa shape index (κ2) is 6.83. The van der Waals surface area contributed by atoms with E-state index in [1.54, 1.807) is 6.20 Å². The molecule has 124 valence electrons. The summed E-state index contributed by atoms with van der Waals surface area (Å²) in [4.78, 5) is 23.7. The molecular weight excluding hydrogens is 300 g/mol. The van der Waals surface area contributed by atoms with Crippen LogP contribution in [0, 0.1) is 6.92 Å². The second-order valence-electron chi connectivity index (χ2n) is 6.08. The lowest BCUT2D eigenvalue weighted by Crippen LogP contribution is -2.38. The van der Waals surface area contributed by atoms with Crippen LogP contribution >= 0.6 is 0 Å². The number of nitrogens with zero attached hydrogens (tertiary/aromatic N) is 4. The van der Waals surface area contributed by atoms with Crippen LogP contribution in [0.15, 0.2) is 48.9 Å². The van der Waals surface area contributed by atoms with Gasteiger partial charge in [-0.15, -0.1) is 0 Å². The quantitative estimate of drug-likeness (QED) is 0.722. The Balaban J connectivity index is 1.91. The molecule has 0 unspecified atom stereocenters. The van der Waals surface area contributed by atoms with Gasteiger partial charge in [0.05, 0.1) is 23.5 Å². The maximum Gasteiger partial charge on any atom is 0.255 e. The van der Waals surface area contributed by atoms with E-state index in [4.69, 9.17) is 0 Å². The fraction of sp³-hybridized carbons (Fsp3) is 0.316. The van der Waals surface area contributed by atoms with E-state index in [9.17, 15) is 4.79 Å². The van der Waals surface area contributed by atoms with Crippen molar-refractivity contribution in [3.8, 4) is 0 Å². The highest BCUT2D eigenvalue weighted by molar-refractivity contribution is 5.94. The molecule has 0 aliphatic rings. The summed E-state index contributed by atoms with van der Waals surface area (Å²) >= 11 is 0. The summed E-state index contributed by atoms with van der Waals surface area (Å²) < 4.78 is 1.90. The van der Waals surface area contributed by atoms with Crippen molar-refractivity contribution in [3.63, 3.8) is 0 Å². The highest BCUT2D eigenvalue weighted by Crippen LogP contribution is 2.15. The summed E-state index contributed by atoms with van der Waals surface area (Å²) in [6.07, 6.45) is 6.43. The first-order chi connectivity index (χ1) is 11.6. The topological polar surface area (TPSA) is 50.5 Å². The first-order valence-corrected chi connectivity index (χ1v) is 8.24. The van der Waals surface area contributed by atoms with Gasteiger partial charge in [-0.3, -0.25) is 9.78 Å². The molecule has 0 aliphatic carbocycles. The van der Waals surface area contributed by atoms with Gasteiger partial charge in [-0.25, -0.2) is 4.98 Å². The van der Waals surface area contributed by atoms with Gasteiger partial charge in [-0.2, -0.15) is 0 Å². The van der Waals surface area contributed by atoms with Gasteiger partial charge in [0.15, 0.2) is 0 Å². The molecule has 3 heterocycles. The van der Waals surface area contributed by atoms with Crippen LogP contribution in [0.25, 0.3) is 5.65 Å². The van der Waals surface area contributed by atoms with Gasteiger partial charge in [0, 0.05) is 24.6 Å². The first kappa shape index (κ1) is 16.2. The molecule has 5 nitrogen and oxygen atoms in total. The molecule has 5 heteroatoms. The highest BCUT2D eigenvalue weighted by Gasteiger charge is 2.21. The van der Waals surface area contributed by atoms with E-state index in [1.165, 1.54) is 0 Å². The number of carbonyl (C=O) groups excluding carboxylic acids is 1. The monoisotopic (exact) mass is 322 g/mol. The third-order valence-electron chi connectivity index (χ3n) is 4.26. The molecule has 0 fully saturated rings. The van der Waals surface area contributed by atoms with Crippen molar-refractivity contribution in [1.29, 1.82) is 0 Å². The van der Waals surface area contributed by atoms with E-state index in [0.717, 1.165) is 23.5 Å². The minimum absolute atomic E-state index is 0.0169. The summed E-state index contributed by atoms with van der Waals surface area (Å²) in [6.45, 7) is 6.61. The van der Waals surface area contributed by atoms with E-state index in [2.05, 4.69) is 23.8 Å². The van der Waals surface area contributed by atoms with Crippen molar-refractivity contribution in [1.82, 2.24) is 19.3 Å². The largest absolute Gasteiger partial charge is 0.330 e. The fourth-order valence-corrected chi connectivity index (χ4v) is 2.73. The van der Waals surface area contributed by atoms with Crippen LogP contribution in [0.1, 0.15) is 42.0 Å². The van der Waals surface area contributed by atoms with Crippen LogP contribution in [0.3, 0.4) is 0 Å². The zero-order chi connectivity index (χ0) is 17.1. The predicted molar refractivity (Wildman–Crippen MR) is 93.8 cm³/mol. The molecule has 0 aliphatic heterocycles. The number of hydrogen-bond acceptors (Lipinski definition) is 3. The van der Waals surface area contributed by atoms with E-state index in [1.807, 2.05) is 58.9 Å². The van der Waals surface area contributed by atoms with Crippen LogP contribution in [-0.4, -0.2) is 31.2 Å². The number of aromatic nitrogens is 3. The smallest absolute Gasteiger partial charge is 0.255 e. The number of fused-ring (bicyclic) bond motifs is 1. The van der Waals surface area contributed by atoms with E-state index < -0.39 is 0 Å². The Morgan fingerprint density at radius 1 is 1.25 bits per heavy atom. The Labute approximate surface area is 142 Å². The molecule has 3 aromatic heterocycles. The van der Waals surface area contributed by atoms with Crippen molar-refractivity contribution in [2.45, 2.75) is 39.8 Å². The van der Waals surface area contributed by atoms with Crippen molar-refractivity contribution >= 4 is 11.6 Å². The maximum atomic E-state index is 13.1. The fourth-order valence-electron chi connectivity index (χ4n) is 2.73. The number of aryl methyl sites for hydroxylation is 1. The number of imidazole rings is 1. The molecule has 0 saturated carbocycles. The molecule has 0 radical (unpaired) electrons. The van der Waals surface area contributed by atoms with E-state index in [-0.39, 0.29) is 11.9 Å². The van der Waals surface area contributed by atoms with Gasteiger partial charge in [-0.05, 0) is 44.5 Å². The average Bonchev–Trinajstić information content (AvgIpc) is 2.98. The predicted octanol–water partition coefficient (Wildman–Crippen LogP) is 3.48. The third kappa shape index (κ3) is 3.30. The summed E-state index contributed by atoms with van der Waals surface area (Å²) in [5.74, 6) is 0.0169. The number of pyridine rings is 2. The minimum Gasteiger partial charge on any atom is -0.330 e. The van der Waals surface area contributed by atoms with Crippen molar-refractivity contribution < 1.29 is 4.79 Å². The average molecular weight is 322 g/mol. The summed E-state index contributed by atoms with van der Waals surface area (Å²) in [7, 11) is 0. The molecule has 0 saturated heterocycles. The zero-order valence-electron chi connectivity index (χ0n) is 14.3. The molecular formula is C19H22N4O. The van der Waals surface area contributed by atoms with Gasteiger partial charge in [0.25, 0.3) is 5.91 Å². The van der Waals surface area contributed by atoms with Gasteiger partial charge in [0.2, 0.25) is 0 Å². The van der Waals surface area contributed by atoms with Crippen LogP contribution < -0.4 is 0 Å². The molecule has 24 heavy (non-hydrogen) atoms. The number of hydrogen-bond donors (Lipinski definition) is 0. The summed E-state index contributed by atoms with van der Waals surface area (Å²) in [5, 5.41) is 0. The summed E-state index contributed by atoms with van der Waals surface area (Å²) in [6, 6.07) is 9.65. The van der Waals surface area contributed by atoms with Crippen LogP contribution in [0.2, 0.25) is 0 Å². The van der Waals surface area contributed by atoms with Crippen LogP contribution in [0.5, 0.6) is 0 Å². The number of carbonyl (C=O) groups is 1. The van der Waals surface area contributed by atoms with Gasteiger partial charge < -0.3 is 9.30 Å². The molecule has 0 spiro atoms. The van der Waals surface area contributed by atoms with Crippen LogP contribution in [0.4, 0.5) is 0 Å². The number of rotatable bonds is 5. The Kier molecular flexibility index (Phi) is 4.60. The van der Waals surface area contributed by atoms with Crippen LogP contribution in [-0.2, 0) is 6.54 Å². The third-order valence-corrected chi connectivity index (χ3v) is 4.26. The molecule has 0 aromatic carbocycles. The molecule has 1 atom stereocenters. The maximum absolute atomic E-state index is 13.1. The second-order valence-corrected chi connectivity index (χ2v) is 6.08. The van der Waals surface area contributed by atoms with Crippen molar-refractivity contribution in [3.05, 3.63) is 65.9 Å². The molecule has 0 N–H and O–H groups in total. The summed E-state index contributed by atoms with van der Waals surface area (Å²) in [5.41, 5.74) is 3.34. The number of amides is 1. The Bertz CT molecular complexity index is 841. The SMILES string of the molecule is CC[C@H](C)N(Cc1ccccn1)C(=O)c1ccc2nc(C)cn2c1. The normalized spacial score (nSPS) is 12.3. The lowest BCUT2D eigenvalue weighted by atomic mass is 10.1. The molecule has 1 amide bonds. The Morgan fingerprint density at radius 2 is 2.08 bits per heavy atom. The zero-order valence-corrected chi connectivity index (χ0v) is 14.3. The lowest BCUT2D eigenvalue weighted by molar-refractivity contribution is 0.0668. The van der Waals surface area contributed by atoms with E-state index >= 15 is 0 Å². The first-order valence-electron chi connectivity index (χ1n) is 8.24. The van der Waals surface area contributed by atoms with Crippen molar-refractivity contribution in [2.75, 3.05) is 0 Å². The van der Waals surface area contributed by atoms with Crippen molar-refractivity contribution in [2.24, 2.45) is 0 Å². The van der Waals surface area contributed by atoms with E-state index in [0.29, 0.717) is 12.1 Å².